The lowest BCUT2D eigenvalue weighted by atomic mass is 9.93. The van der Waals surface area contributed by atoms with Crippen molar-refractivity contribution in [2.24, 2.45) is 10.9 Å². The van der Waals surface area contributed by atoms with E-state index in [0.29, 0.717) is 18.5 Å². The van der Waals surface area contributed by atoms with E-state index in [1.165, 1.54) is 38.8 Å². The first-order valence-electron chi connectivity index (χ1n) is 10.6. The molecule has 0 aromatic heterocycles. The minimum Gasteiger partial charge on any atom is -0.355 e. The van der Waals surface area contributed by atoms with Gasteiger partial charge < -0.3 is 15.5 Å². The number of nitrogens with one attached hydrogen (secondary N) is 2. The molecule has 0 aromatic rings. The molecule has 0 saturated carbocycles. The van der Waals surface area contributed by atoms with Gasteiger partial charge in [0.2, 0.25) is 5.91 Å². The summed E-state index contributed by atoms with van der Waals surface area (Å²) in [5.74, 6) is 1.85. The topological polar surface area (TPSA) is 60.0 Å². The van der Waals surface area contributed by atoms with Crippen molar-refractivity contribution in [3.8, 4) is 0 Å². The monoisotopic (exact) mass is 493 g/mol. The zero-order chi connectivity index (χ0) is 18.9. The Balaban J connectivity index is 0.00000364. The van der Waals surface area contributed by atoms with Gasteiger partial charge >= 0.3 is 0 Å². The second kappa shape index (κ2) is 12.8. The van der Waals surface area contributed by atoms with Gasteiger partial charge in [-0.25, -0.2) is 0 Å². The van der Waals surface area contributed by atoms with Crippen LogP contribution in [0.25, 0.3) is 0 Å². The molecule has 2 saturated heterocycles. The summed E-state index contributed by atoms with van der Waals surface area (Å²) in [6.07, 6.45) is 6.69. The van der Waals surface area contributed by atoms with E-state index in [2.05, 4.69) is 34.4 Å². The van der Waals surface area contributed by atoms with Crippen molar-refractivity contribution in [2.75, 3.05) is 39.8 Å². The van der Waals surface area contributed by atoms with Crippen LogP contribution in [0.1, 0.15) is 59.3 Å². The van der Waals surface area contributed by atoms with Crippen molar-refractivity contribution in [3.05, 3.63) is 0 Å². The summed E-state index contributed by atoms with van der Waals surface area (Å²) in [6, 6.07) is 0.878. The molecule has 0 radical (unpaired) electrons. The number of carbonyl (C=O) groups is 1. The zero-order valence-corrected chi connectivity index (χ0v) is 20.0. The Labute approximate surface area is 182 Å². The minimum atomic E-state index is 0. The highest BCUT2D eigenvalue weighted by molar-refractivity contribution is 14.0. The largest absolute Gasteiger partial charge is 0.355 e. The highest BCUT2D eigenvalue weighted by Crippen LogP contribution is 2.22. The number of carbonyl (C=O) groups excluding carboxylic acids is 1. The number of aliphatic imine (C=N–C) groups is 1. The van der Waals surface area contributed by atoms with E-state index in [9.17, 15) is 4.79 Å². The SMILES string of the molecule is CCC(=O)N1CCC(NC(=NC)NCC(C(CC)CC)N2CCCC2)C1.I. The molecule has 1 amide bonds. The molecule has 2 aliphatic heterocycles. The second-order valence-electron chi connectivity index (χ2n) is 7.66. The quantitative estimate of drug-likeness (QED) is 0.310. The van der Waals surface area contributed by atoms with E-state index >= 15 is 0 Å². The molecule has 0 aliphatic carbocycles. The van der Waals surface area contributed by atoms with E-state index in [0.717, 1.165) is 37.9 Å². The maximum atomic E-state index is 11.9. The zero-order valence-electron chi connectivity index (χ0n) is 17.7. The molecule has 2 unspecified atom stereocenters. The summed E-state index contributed by atoms with van der Waals surface area (Å²) in [6.45, 7) is 11.6. The second-order valence-corrected chi connectivity index (χ2v) is 7.66. The molecule has 158 valence electrons. The van der Waals surface area contributed by atoms with Gasteiger partial charge in [0.1, 0.15) is 0 Å². The molecule has 2 aliphatic rings. The molecule has 2 fully saturated rings. The van der Waals surface area contributed by atoms with Crippen LogP contribution < -0.4 is 10.6 Å². The number of amides is 1. The van der Waals surface area contributed by atoms with Crippen LogP contribution in [-0.4, -0.2) is 73.5 Å². The average Bonchev–Trinajstić information content (AvgIpc) is 3.35. The summed E-state index contributed by atoms with van der Waals surface area (Å²) < 4.78 is 0. The molecule has 27 heavy (non-hydrogen) atoms. The molecule has 7 heteroatoms. The number of halogens is 1. The van der Waals surface area contributed by atoms with Crippen molar-refractivity contribution in [3.63, 3.8) is 0 Å². The van der Waals surface area contributed by atoms with Gasteiger partial charge in [0.25, 0.3) is 0 Å². The molecule has 0 aromatic carbocycles. The van der Waals surface area contributed by atoms with Gasteiger partial charge in [-0.2, -0.15) is 0 Å². The van der Waals surface area contributed by atoms with Crippen LogP contribution in [0.5, 0.6) is 0 Å². The number of likely N-dealkylation sites (tertiary alicyclic amines) is 2. The van der Waals surface area contributed by atoms with Crippen LogP contribution in [0, 0.1) is 5.92 Å². The van der Waals surface area contributed by atoms with Gasteiger partial charge in [0.15, 0.2) is 5.96 Å². The Morgan fingerprint density at radius 1 is 1.15 bits per heavy atom. The number of hydrogen-bond donors (Lipinski definition) is 2. The Kier molecular flexibility index (Phi) is 11.6. The summed E-state index contributed by atoms with van der Waals surface area (Å²) in [5.41, 5.74) is 0. The van der Waals surface area contributed by atoms with Crippen LogP contribution in [0.3, 0.4) is 0 Å². The summed E-state index contributed by atoms with van der Waals surface area (Å²) in [5, 5.41) is 7.10. The molecule has 6 nitrogen and oxygen atoms in total. The smallest absolute Gasteiger partial charge is 0.222 e. The van der Waals surface area contributed by atoms with E-state index in [-0.39, 0.29) is 29.9 Å². The van der Waals surface area contributed by atoms with Crippen molar-refractivity contribution in [1.82, 2.24) is 20.4 Å². The van der Waals surface area contributed by atoms with Crippen molar-refractivity contribution in [1.29, 1.82) is 0 Å². The van der Waals surface area contributed by atoms with E-state index in [1.54, 1.807) is 0 Å². The third-order valence-electron chi connectivity index (χ3n) is 6.09. The van der Waals surface area contributed by atoms with Crippen LogP contribution in [-0.2, 0) is 4.79 Å². The highest BCUT2D eigenvalue weighted by atomic mass is 127. The van der Waals surface area contributed by atoms with Crippen LogP contribution in [0.4, 0.5) is 0 Å². The Bertz CT molecular complexity index is 461. The van der Waals surface area contributed by atoms with Crippen LogP contribution >= 0.6 is 24.0 Å². The molecule has 0 spiro atoms. The first-order chi connectivity index (χ1) is 12.6. The molecular weight excluding hydrogens is 453 g/mol. The van der Waals surface area contributed by atoms with E-state index in [1.807, 2.05) is 18.9 Å². The van der Waals surface area contributed by atoms with Gasteiger partial charge in [-0.05, 0) is 38.3 Å². The number of guanidine groups is 1. The standard InChI is InChI=1S/C20H39N5O.HI/c1-5-16(6-2)18(24-11-8-9-12-24)14-22-20(21-4)23-17-10-13-25(15-17)19(26)7-3;/h16-18H,5-15H2,1-4H3,(H2,21,22,23);1H. The highest BCUT2D eigenvalue weighted by Gasteiger charge is 2.29. The van der Waals surface area contributed by atoms with Crippen LogP contribution in [0.2, 0.25) is 0 Å². The normalized spacial score (nSPS) is 22.0. The minimum absolute atomic E-state index is 0. The molecule has 2 N–H and O–H groups in total. The molecule has 2 atom stereocenters. The molecule has 0 bridgehead atoms. The van der Waals surface area contributed by atoms with Gasteiger partial charge in [-0.3, -0.25) is 14.7 Å². The van der Waals surface area contributed by atoms with Crippen molar-refractivity contribution < 1.29 is 4.79 Å². The van der Waals surface area contributed by atoms with Gasteiger partial charge in [-0.15, -0.1) is 24.0 Å². The molecule has 2 heterocycles. The van der Waals surface area contributed by atoms with Gasteiger partial charge in [0, 0.05) is 45.2 Å². The van der Waals surface area contributed by atoms with E-state index in [4.69, 9.17) is 0 Å². The molecular formula is C20H40IN5O. The Hall–Kier alpha value is -0.570. The maximum Gasteiger partial charge on any atom is 0.222 e. The van der Waals surface area contributed by atoms with Gasteiger partial charge in [0.05, 0.1) is 0 Å². The third-order valence-corrected chi connectivity index (χ3v) is 6.09. The fourth-order valence-corrected chi connectivity index (χ4v) is 4.42. The predicted octanol–water partition coefficient (Wildman–Crippen LogP) is 2.68. The number of rotatable bonds is 8. The average molecular weight is 493 g/mol. The van der Waals surface area contributed by atoms with E-state index < -0.39 is 0 Å². The summed E-state index contributed by atoms with van der Waals surface area (Å²) >= 11 is 0. The Morgan fingerprint density at radius 3 is 2.37 bits per heavy atom. The third kappa shape index (κ3) is 7.07. The summed E-state index contributed by atoms with van der Waals surface area (Å²) in [7, 11) is 1.83. The maximum absolute atomic E-state index is 11.9. The predicted molar refractivity (Wildman–Crippen MR) is 124 cm³/mol. The lowest BCUT2D eigenvalue weighted by Crippen LogP contribution is -2.51. The first kappa shape index (κ1) is 24.5. The van der Waals surface area contributed by atoms with Crippen molar-refractivity contribution in [2.45, 2.75) is 71.4 Å². The Morgan fingerprint density at radius 2 is 1.81 bits per heavy atom. The summed E-state index contributed by atoms with van der Waals surface area (Å²) in [4.78, 5) is 20.9. The van der Waals surface area contributed by atoms with Gasteiger partial charge in [-0.1, -0.05) is 33.6 Å². The number of nitrogens with zero attached hydrogens (tertiary/aromatic N) is 3. The van der Waals surface area contributed by atoms with Crippen molar-refractivity contribution >= 4 is 35.8 Å². The first-order valence-corrected chi connectivity index (χ1v) is 10.6. The molecule has 2 rings (SSSR count). The lowest BCUT2D eigenvalue weighted by molar-refractivity contribution is -0.129. The fourth-order valence-electron chi connectivity index (χ4n) is 4.42. The lowest BCUT2D eigenvalue weighted by Gasteiger charge is -2.34. The number of hydrogen-bond acceptors (Lipinski definition) is 3. The van der Waals surface area contributed by atoms with Crippen LogP contribution in [0.15, 0.2) is 4.99 Å². The fraction of sp³-hybridized carbons (Fsp3) is 0.900.